The van der Waals surface area contributed by atoms with Gasteiger partial charge in [0.05, 0.1) is 0 Å². The number of amides is 1. The summed E-state index contributed by atoms with van der Waals surface area (Å²) in [6.45, 7) is 1.77. The Balaban J connectivity index is 3.37. The summed E-state index contributed by atoms with van der Waals surface area (Å²) in [5.74, 6) is -0.164. The van der Waals surface area contributed by atoms with E-state index < -0.39 is 0 Å². The van der Waals surface area contributed by atoms with Crippen molar-refractivity contribution in [1.82, 2.24) is 5.32 Å². The molecule has 0 aliphatic rings. The minimum atomic E-state index is -0.164. The molecule has 1 N–H and O–H groups in total. The molecule has 0 fully saturated rings. The van der Waals surface area contributed by atoms with E-state index in [0.29, 0.717) is 0 Å². The van der Waals surface area contributed by atoms with Crippen LogP contribution in [-0.2, 0) is 4.79 Å². The third-order valence-electron chi connectivity index (χ3n) is 0.492. The Hall–Kier alpha value is -0.790. The Labute approximate surface area is 43.2 Å². The summed E-state index contributed by atoms with van der Waals surface area (Å²) >= 11 is 0. The maximum absolute atomic E-state index is 10.2. The van der Waals surface area contributed by atoms with Gasteiger partial charge in [-0.25, -0.2) is 0 Å². The standard InChI is InChI=1S/C5H8NO/c1-3-4-5(7)6-2/h3-4H,2H2,1H3,(H,6,7)/b4-3-. The van der Waals surface area contributed by atoms with Gasteiger partial charge in [0.15, 0.2) is 0 Å². The largest absolute Gasteiger partial charge is 0.351 e. The molecule has 7 heavy (non-hydrogen) atoms. The first kappa shape index (κ1) is 6.21. The van der Waals surface area contributed by atoms with E-state index in [1.807, 2.05) is 0 Å². The summed E-state index contributed by atoms with van der Waals surface area (Å²) in [7, 11) is 3.15. The van der Waals surface area contributed by atoms with Crippen LogP contribution in [0.5, 0.6) is 0 Å². The number of rotatable bonds is 1. The summed E-state index contributed by atoms with van der Waals surface area (Å²) in [4.78, 5) is 10.2. The van der Waals surface area contributed by atoms with Crippen LogP contribution in [0.25, 0.3) is 0 Å². The number of hydrogen-bond donors (Lipinski definition) is 1. The molecule has 0 bridgehead atoms. The molecule has 1 amide bonds. The van der Waals surface area contributed by atoms with Crippen molar-refractivity contribution in [2.75, 3.05) is 0 Å². The molecule has 0 aromatic heterocycles. The topological polar surface area (TPSA) is 29.1 Å². The van der Waals surface area contributed by atoms with Crippen LogP contribution in [0.15, 0.2) is 12.2 Å². The van der Waals surface area contributed by atoms with Crippen LogP contribution in [0.4, 0.5) is 0 Å². The van der Waals surface area contributed by atoms with Crippen LogP contribution in [0.1, 0.15) is 6.92 Å². The monoisotopic (exact) mass is 98.1 g/mol. The molecule has 2 heteroatoms. The van der Waals surface area contributed by atoms with E-state index in [4.69, 9.17) is 0 Å². The van der Waals surface area contributed by atoms with Crippen molar-refractivity contribution in [2.45, 2.75) is 6.92 Å². The average molecular weight is 98.1 g/mol. The highest BCUT2D eigenvalue weighted by atomic mass is 16.1. The van der Waals surface area contributed by atoms with Crippen LogP contribution in [0, 0.1) is 7.05 Å². The van der Waals surface area contributed by atoms with E-state index in [-0.39, 0.29) is 5.91 Å². The minimum Gasteiger partial charge on any atom is -0.351 e. The lowest BCUT2D eigenvalue weighted by Gasteiger charge is -1.83. The molecule has 0 saturated carbocycles. The summed E-state index contributed by atoms with van der Waals surface area (Å²) < 4.78 is 0. The second-order valence-corrected chi connectivity index (χ2v) is 1.04. The molecule has 0 saturated heterocycles. The highest BCUT2D eigenvalue weighted by Gasteiger charge is 1.81. The molecular weight excluding hydrogens is 90.1 g/mol. The quantitative estimate of drug-likeness (QED) is 0.474. The first-order chi connectivity index (χ1) is 3.31. The Morgan fingerprint density at radius 2 is 2.43 bits per heavy atom. The highest BCUT2D eigenvalue weighted by molar-refractivity contribution is 5.87. The second-order valence-electron chi connectivity index (χ2n) is 1.04. The van der Waals surface area contributed by atoms with Crippen molar-refractivity contribution in [3.05, 3.63) is 19.2 Å². The number of nitrogens with one attached hydrogen (secondary N) is 1. The third-order valence-corrected chi connectivity index (χ3v) is 0.492. The first-order valence-electron chi connectivity index (χ1n) is 2.01. The Bertz CT molecular complexity index is 86.1. The van der Waals surface area contributed by atoms with Gasteiger partial charge in [0.2, 0.25) is 5.91 Å². The van der Waals surface area contributed by atoms with E-state index in [1.165, 1.54) is 6.08 Å². The van der Waals surface area contributed by atoms with Gasteiger partial charge in [0.1, 0.15) is 0 Å². The second kappa shape index (κ2) is 3.40. The van der Waals surface area contributed by atoms with Gasteiger partial charge in [-0.3, -0.25) is 4.79 Å². The fourth-order valence-electron chi connectivity index (χ4n) is 0.210. The molecule has 2 nitrogen and oxygen atoms in total. The van der Waals surface area contributed by atoms with Crippen molar-refractivity contribution >= 4 is 5.91 Å². The highest BCUT2D eigenvalue weighted by Crippen LogP contribution is 1.67. The van der Waals surface area contributed by atoms with Gasteiger partial charge in [-0.2, -0.15) is 0 Å². The zero-order valence-corrected chi connectivity index (χ0v) is 4.27. The Kier molecular flexibility index (Phi) is 3.02. The molecular formula is C5H8NO. The van der Waals surface area contributed by atoms with Crippen molar-refractivity contribution in [2.24, 2.45) is 0 Å². The molecule has 0 atom stereocenters. The summed E-state index contributed by atoms with van der Waals surface area (Å²) in [5.41, 5.74) is 0. The molecule has 1 radical (unpaired) electrons. The number of carbonyl (C=O) groups excluding carboxylic acids is 1. The van der Waals surface area contributed by atoms with Crippen molar-refractivity contribution in [1.29, 1.82) is 0 Å². The van der Waals surface area contributed by atoms with E-state index in [1.54, 1.807) is 13.0 Å². The summed E-state index contributed by atoms with van der Waals surface area (Å²) in [6.07, 6.45) is 3.06. The van der Waals surface area contributed by atoms with Crippen molar-refractivity contribution < 1.29 is 4.79 Å². The normalized spacial score (nSPS) is 9.43. The molecule has 0 aromatic carbocycles. The summed E-state index contributed by atoms with van der Waals surface area (Å²) in [6, 6.07) is 0. The van der Waals surface area contributed by atoms with E-state index in [0.717, 1.165) is 0 Å². The van der Waals surface area contributed by atoms with E-state index in [2.05, 4.69) is 12.4 Å². The van der Waals surface area contributed by atoms with Crippen LogP contribution in [-0.4, -0.2) is 5.91 Å². The van der Waals surface area contributed by atoms with Gasteiger partial charge >= 0.3 is 0 Å². The van der Waals surface area contributed by atoms with Crippen molar-refractivity contribution in [3.8, 4) is 0 Å². The van der Waals surface area contributed by atoms with Gasteiger partial charge in [-0.1, -0.05) is 6.08 Å². The van der Waals surface area contributed by atoms with Gasteiger partial charge in [-0.05, 0) is 13.0 Å². The summed E-state index contributed by atoms with van der Waals surface area (Å²) in [5, 5.41) is 2.19. The SMILES string of the molecule is [CH2]NC(=O)/C=C\C. The van der Waals surface area contributed by atoms with Gasteiger partial charge in [0, 0.05) is 7.05 Å². The molecule has 0 aromatic rings. The fourth-order valence-corrected chi connectivity index (χ4v) is 0.210. The molecule has 0 unspecified atom stereocenters. The maximum atomic E-state index is 10.2. The lowest BCUT2D eigenvalue weighted by atomic mass is 10.5. The molecule has 0 aliphatic heterocycles. The molecule has 0 rings (SSSR count). The first-order valence-corrected chi connectivity index (χ1v) is 2.01. The third kappa shape index (κ3) is 3.03. The molecule has 0 aliphatic carbocycles. The predicted molar refractivity (Wildman–Crippen MR) is 28.3 cm³/mol. The van der Waals surface area contributed by atoms with Gasteiger partial charge in [-0.15, -0.1) is 0 Å². The lowest BCUT2D eigenvalue weighted by Crippen LogP contribution is -2.10. The van der Waals surface area contributed by atoms with E-state index >= 15 is 0 Å². The van der Waals surface area contributed by atoms with Crippen LogP contribution >= 0.6 is 0 Å². The lowest BCUT2D eigenvalue weighted by molar-refractivity contribution is -0.115. The van der Waals surface area contributed by atoms with Gasteiger partial charge in [0.25, 0.3) is 0 Å². The smallest absolute Gasteiger partial charge is 0.243 e. The molecule has 0 heterocycles. The minimum absolute atomic E-state index is 0.164. The fraction of sp³-hybridized carbons (Fsp3) is 0.200. The average Bonchev–Trinajstić information content (AvgIpc) is 1.68. The van der Waals surface area contributed by atoms with Crippen molar-refractivity contribution in [3.63, 3.8) is 0 Å². The predicted octanol–water partition coefficient (Wildman–Crippen LogP) is 0.470. The number of allylic oxidation sites excluding steroid dienone is 1. The van der Waals surface area contributed by atoms with Gasteiger partial charge < -0.3 is 5.32 Å². The zero-order valence-electron chi connectivity index (χ0n) is 4.27. The van der Waals surface area contributed by atoms with Crippen LogP contribution in [0.2, 0.25) is 0 Å². The maximum Gasteiger partial charge on any atom is 0.243 e. The Morgan fingerprint density at radius 1 is 1.86 bits per heavy atom. The molecule has 39 valence electrons. The molecule has 0 spiro atoms. The zero-order chi connectivity index (χ0) is 5.70. The number of hydrogen-bond acceptors (Lipinski definition) is 1. The Morgan fingerprint density at radius 3 is 2.57 bits per heavy atom. The number of carbonyl (C=O) groups is 1. The van der Waals surface area contributed by atoms with Crippen LogP contribution < -0.4 is 5.32 Å². The van der Waals surface area contributed by atoms with E-state index in [9.17, 15) is 4.79 Å². The van der Waals surface area contributed by atoms with Crippen LogP contribution in [0.3, 0.4) is 0 Å².